The minimum atomic E-state index is -2.26. The Balaban J connectivity index is 3.61. The molecule has 0 spiro atoms. The summed E-state index contributed by atoms with van der Waals surface area (Å²) in [5.41, 5.74) is -1.31. The maximum Gasteiger partial charge on any atom is 0.200 e. The molecular weight excluding hydrogens is 217 g/mol. The number of nitriles is 1. The average molecular weight is 217 g/mol. The zero-order chi connectivity index (χ0) is 11.6. The molecule has 0 heterocycles. The van der Waals surface area contributed by atoms with Crippen molar-refractivity contribution in [1.82, 2.24) is 0 Å². The topological polar surface area (TPSA) is 23.8 Å². The molecule has 0 saturated carbocycles. The van der Waals surface area contributed by atoms with Crippen LogP contribution in [0.5, 0.6) is 0 Å². The summed E-state index contributed by atoms with van der Waals surface area (Å²) in [6, 6.07) is 1.19. The van der Waals surface area contributed by atoms with E-state index >= 15 is 0 Å². The van der Waals surface area contributed by atoms with Gasteiger partial charge in [0.2, 0.25) is 5.82 Å². The molecule has 1 aromatic rings. The molecule has 0 amide bonds. The summed E-state index contributed by atoms with van der Waals surface area (Å²) >= 11 is 0. The van der Waals surface area contributed by atoms with Gasteiger partial charge in [0.25, 0.3) is 0 Å². The van der Waals surface area contributed by atoms with Crippen LogP contribution in [0, 0.1) is 52.3 Å². The summed E-state index contributed by atoms with van der Waals surface area (Å²) in [5.74, 6) is -7.45. The predicted octanol–water partition coefficient (Wildman–Crippen LogP) is 2.26. The second-order valence-electron chi connectivity index (χ2n) is 2.31. The van der Waals surface area contributed by atoms with Crippen molar-refractivity contribution in [1.29, 1.82) is 5.26 Å². The highest BCUT2D eigenvalue weighted by Gasteiger charge is 2.24. The number of benzene rings is 1. The predicted molar refractivity (Wildman–Crippen MR) is 38.7 cm³/mol. The second-order valence-corrected chi connectivity index (χ2v) is 2.31. The second kappa shape index (κ2) is 3.97. The smallest absolute Gasteiger partial charge is 0.200 e. The van der Waals surface area contributed by atoms with Crippen molar-refractivity contribution in [2.45, 2.75) is 0 Å². The molecule has 0 atom stereocenters. The third-order valence-corrected chi connectivity index (χ3v) is 1.45. The van der Waals surface area contributed by atoms with Crippen LogP contribution < -0.4 is 0 Å². The summed E-state index contributed by atoms with van der Waals surface area (Å²) < 4.78 is 63.1. The molecule has 0 radical (unpaired) electrons. The van der Waals surface area contributed by atoms with E-state index in [9.17, 15) is 22.0 Å². The first-order chi connectivity index (χ1) is 7.00. The van der Waals surface area contributed by atoms with Gasteiger partial charge >= 0.3 is 0 Å². The molecule has 0 bridgehead atoms. The largest absolute Gasteiger partial charge is 0.202 e. The van der Waals surface area contributed by atoms with Gasteiger partial charge in [-0.1, -0.05) is 0 Å². The van der Waals surface area contributed by atoms with Crippen molar-refractivity contribution >= 4 is 0 Å². The first-order valence-electron chi connectivity index (χ1n) is 3.42. The van der Waals surface area contributed by atoms with Gasteiger partial charge < -0.3 is 0 Å². The average Bonchev–Trinajstić information content (AvgIpc) is 2.24. The lowest BCUT2D eigenvalue weighted by atomic mass is 10.1. The Hall–Kier alpha value is -2.08. The Morgan fingerprint density at radius 1 is 0.733 bits per heavy atom. The summed E-state index contributed by atoms with van der Waals surface area (Å²) in [5, 5.41) is 7.97. The molecule has 0 aliphatic heterocycles. The van der Waals surface area contributed by atoms with Crippen molar-refractivity contribution in [2.75, 3.05) is 0 Å². The van der Waals surface area contributed by atoms with Crippen molar-refractivity contribution in [2.24, 2.45) is 0 Å². The fraction of sp³-hybridized carbons (Fsp3) is 0. The van der Waals surface area contributed by atoms with E-state index in [1.165, 1.54) is 17.9 Å². The monoisotopic (exact) mass is 217 g/mol. The molecule has 6 heteroatoms. The van der Waals surface area contributed by atoms with Crippen LogP contribution in [0.2, 0.25) is 0 Å². The van der Waals surface area contributed by atoms with Crippen LogP contribution in [-0.2, 0) is 0 Å². The van der Waals surface area contributed by atoms with Crippen molar-refractivity contribution < 1.29 is 22.0 Å². The van der Waals surface area contributed by atoms with Crippen molar-refractivity contribution in [3.05, 3.63) is 34.6 Å². The number of halogens is 5. The van der Waals surface area contributed by atoms with Crippen LogP contribution in [0.3, 0.4) is 0 Å². The first kappa shape index (κ1) is 11.0. The summed E-state index contributed by atoms with van der Waals surface area (Å²) in [6.45, 7) is 0. The Morgan fingerprint density at radius 2 is 1.13 bits per heavy atom. The minimum absolute atomic E-state index is 1.19. The Morgan fingerprint density at radius 3 is 1.53 bits per heavy atom. The molecule has 0 aliphatic rings. The summed E-state index contributed by atoms with van der Waals surface area (Å²) in [6.07, 6.45) is 0. The first-order valence-corrected chi connectivity index (χ1v) is 3.42. The van der Waals surface area contributed by atoms with Gasteiger partial charge in [-0.3, -0.25) is 0 Å². The van der Waals surface area contributed by atoms with Gasteiger partial charge in [-0.05, 0) is 5.92 Å². The molecule has 0 saturated heterocycles. The maximum absolute atomic E-state index is 12.8. The normalized spacial score (nSPS) is 9.07. The van der Waals surface area contributed by atoms with E-state index in [0.717, 1.165) is 0 Å². The number of rotatable bonds is 0. The zero-order valence-corrected chi connectivity index (χ0v) is 6.84. The third-order valence-electron chi connectivity index (χ3n) is 1.45. The molecule has 15 heavy (non-hydrogen) atoms. The standard InChI is InChI=1S/C9F5N/c10-5-4(2-1-3-15)6(11)8(13)9(14)7(5)12. The van der Waals surface area contributed by atoms with Gasteiger partial charge in [-0.25, -0.2) is 22.0 Å². The van der Waals surface area contributed by atoms with Gasteiger partial charge in [0, 0.05) is 5.92 Å². The fourth-order valence-corrected chi connectivity index (χ4v) is 0.805. The Labute approximate surface area is 80.7 Å². The molecule has 1 aromatic carbocycles. The molecule has 1 nitrogen and oxygen atoms in total. The number of nitrogens with zero attached hydrogens (tertiary/aromatic N) is 1. The van der Waals surface area contributed by atoms with Crippen molar-refractivity contribution in [3.63, 3.8) is 0 Å². The van der Waals surface area contributed by atoms with E-state index in [1.54, 1.807) is 0 Å². The van der Waals surface area contributed by atoms with Crippen LogP contribution >= 0.6 is 0 Å². The Kier molecular flexibility index (Phi) is 2.91. The van der Waals surface area contributed by atoms with Crippen LogP contribution in [-0.4, -0.2) is 0 Å². The van der Waals surface area contributed by atoms with E-state index in [-0.39, 0.29) is 0 Å². The van der Waals surface area contributed by atoms with Gasteiger partial charge in [-0.2, -0.15) is 5.26 Å². The highest BCUT2D eigenvalue weighted by atomic mass is 19.2. The van der Waals surface area contributed by atoms with Crippen LogP contribution in [0.4, 0.5) is 22.0 Å². The van der Waals surface area contributed by atoms with Crippen LogP contribution in [0.1, 0.15) is 5.56 Å². The SMILES string of the molecule is N#CC#Cc1c(F)c(F)c(F)c(F)c1F. The minimum Gasteiger partial charge on any atom is -0.202 e. The summed E-state index contributed by atoms with van der Waals surface area (Å²) in [4.78, 5) is 0. The van der Waals surface area contributed by atoms with Crippen LogP contribution in [0.25, 0.3) is 0 Å². The lowest BCUT2D eigenvalue weighted by molar-refractivity contribution is 0.376. The maximum atomic E-state index is 12.8. The molecule has 0 unspecified atom stereocenters. The van der Waals surface area contributed by atoms with E-state index < -0.39 is 34.6 Å². The van der Waals surface area contributed by atoms with E-state index in [4.69, 9.17) is 5.26 Å². The van der Waals surface area contributed by atoms with E-state index in [1.807, 2.05) is 0 Å². The molecule has 0 aromatic heterocycles. The van der Waals surface area contributed by atoms with Crippen molar-refractivity contribution in [3.8, 4) is 17.9 Å². The van der Waals surface area contributed by atoms with Gasteiger partial charge in [0.05, 0.1) is 0 Å². The highest BCUT2D eigenvalue weighted by molar-refractivity contribution is 5.41. The lowest BCUT2D eigenvalue weighted by Gasteiger charge is -2.01. The molecule has 76 valence electrons. The Bertz CT molecular complexity index is 489. The zero-order valence-electron chi connectivity index (χ0n) is 6.84. The molecule has 1 rings (SSSR count). The molecule has 0 fully saturated rings. The number of hydrogen-bond donors (Lipinski definition) is 0. The third kappa shape index (κ3) is 1.75. The molecule has 0 N–H and O–H groups in total. The highest BCUT2D eigenvalue weighted by Crippen LogP contribution is 2.21. The fourth-order valence-electron chi connectivity index (χ4n) is 0.805. The lowest BCUT2D eigenvalue weighted by Crippen LogP contribution is -2.04. The summed E-state index contributed by atoms with van der Waals surface area (Å²) in [7, 11) is 0. The van der Waals surface area contributed by atoms with E-state index in [2.05, 4.69) is 0 Å². The molecule has 0 aliphatic carbocycles. The van der Waals surface area contributed by atoms with E-state index in [0.29, 0.717) is 0 Å². The van der Waals surface area contributed by atoms with Gasteiger partial charge in [-0.15, -0.1) is 0 Å². The van der Waals surface area contributed by atoms with Crippen LogP contribution in [0.15, 0.2) is 0 Å². The van der Waals surface area contributed by atoms with Gasteiger partial charge in [0.15, 0.2) is 29.3 Å². The molecular formula is C9F5N. The quantitative estimate of drug-likeness (QED) is 0.283. The van der Waals surface area contributed by atoms with Gasteiger partial charge in [0.1, 0.15) is 5.56 Å². The number of hydrogen-bond acceptors (Lipinski definition) is 1.